The van der Waals surface area contributed by atoms with Gasteiger partial charge in [-0.3, -0.25) is 4.98 Å². The largest absolute Gasteiger partial charge is 0.444 e. The van der Waals surface area contributed by atoms with Crippen LogP contribution in [0.3, 0.4) is 0 Å². The summed E-state index contributed by atoms with van der Waals surface area (Å²) in [6, 6.07) is 3.71. The molecule has 1 amide bonds. The predicted molar refractivity (Wildman–Crippen MR) is 116 cm³/mol. The third-order valence-electron chi connectivity index (χ3n) is 3.95. The summed E-state index contributed by atoms with van der Waals surface area (Å²) in [7, 11) is 0. The van der Waals surface area contributed by atoms with E-state index >= 15 is 0 Å². The van der Waals surface area contributed by atoms with Gasteiger partial charge in [0.1, 0.15) is 17.2 Å². The summed E-state index contributed by atoms with van der Waals surface area (Å²) in [5.41, 5.74) is 0.376. The number of rotatable bonds is 6. The molecular weight excluding hydrogens is 463 g/mol. The fourth-order valence-electron chi connectivity index (χ4n) is 2.86. The van der Waals surface area contributed by atoms with E-state index < -0.39 is 17.5 Å². The van der Waals surface area contributed by atoms with Crippen molar-refractivity contribution in [3.8, 4) is 6.07 Å². The van der Waals surface area contributed by atoms with Gasteiger partial charge in [0.25, 0.3) is 0 Å². The van der Waals surface area contributed by atoms with Crippen molar-refractivity contribution in [1.29, 1.82) is 5.26 Å². The Bertz CT molecular complexity index is 956. The van der Waals surface area contributed by atoms with Crippen LogP contribution in [0.25, 0.3) is 10.9 Å². The number of nitrogens with one attached hydrogen (secondary N) is 1. The standard InChI is InChI=1S/C20H23BrClFN4O2/c1-5-7-27(8-6-25-19(28)29-20(2,3)4)18-12(10-24)11-26-17-13(18)9-14(22)15(21)16(17)23/h9,11H,5-8H2,1-4H3,(H,25,28). The molecule has 0 unspecified atom stereocenters. The zero-order valence-electron chi connectivity index (χ0n) is 16.8. The highest BCUT2D eigenvalue weighted by molar-refractivity contribution is 9.10. The minimum Gasteiger partial charge on any atom is -0.444 e. The molecule has 156 valence electrons. The van der Waals surface area contributed by atoms with E-state index in [1.54, 1.807) is 26.8 Å². The quantitative estimate of drug-likeness (QED) is 0.554. The van der Waals surface area contributed by atoms with E-state index in [2.05, 4.69) is 32.3 Å². The Morgan fingerprint density at radius 3 is 2.72 bits per heavy atom. The molecule has 2 aromatic rings. The normalized spacial score (nSPS) is 11.2. The van der Waals surface area contributed by atoms with E-state index in [0.29, 0.717) is 29.7 Å². The van der Waals surface area contributed by atoms with Gasteiger partial charge < -0.3 is 15.0 Å². The molecule has 6 nitrogen and oxygen atoms in total. The van der Waals surface area contributed by atoms with Gasteiger partial charge in [0.2, 0.25) is 0 Å². The first-order chi connectivity index (χ1) is 13.6. The van der Waals surface area contributed by atoms with Gasteiger partial charge in [0, 0.05) is 31.2 Å². The van der Waals surface area contributed by atoms with Crippen molar-refractivity contribution in [2.75, 3.05) is 24.5 Å². The lowest BCUT2D eigenvalue weighted by Crippen LogP contribution is -2.38. The summed E-state index contributed by atoms with van der Waals surface area (Å²) in [6.07, 6.45) is 1.62. The molecule has 0 spiro atoms. The number of amides is 1. The molecule has 2 rings (SSSR count). The fraction of sp³-hybridized carbons (Fsp3) is 0.450. The van der Waals surface area contributed by atoms with Gasteiger partial charge in [-0.2, -0.15) is 5.26 Å². The molecular formula is C20H23BrClFN4O2. The summed E-state index contributed by atoms with van der Waals surface area (Å²) in [5.74, 6) is -0.582. The van der Waals surface area contributed by atoms with E-state index in [0.717, 1.165) is 6.42 Å². The van der Waals surface area contributed by atoms with E-state index in [4.69, 9.17) is 16.3 Å². The second-order valence-electron chi connectivity index (χ2n) is 7.43. The lowest BCUT2D eigenvalue weighted by molar-refractivity contribution is 0.0529. The number of alkyl carbamates (subject to hydrolysis) is 1. The predicted octanol–water partition coefficient (Wildman–Crippen LogP) is 5.40. The van der Waals surface area contributed by atoms with Crippen LogP contribution in [0.5, 0.6) is 0 Å². The van der Waals surface area contributed by atoms with E-state index in [-0.39, 0.29) is 21.6 Å². The number of hydrogen-bond donors (Lipinski definition) is 1. The van der Waals surface area contributed by atoms with E-state index in [1.165, 1.54) is 6.20 Å². The molecule has 1 N–H and O–H groups in total. The number of hydrogen-bond acceptors (Lipinski definition) is 5. The lowest BCUT2D eigenvalue weighted by atomic mass is 10.1. The van der Waals surface area contributed by atoms with Crippen LogP contribution in [-0.2, 0) is 4.74 Å². The number of anilines is 1. The maximum absolute atomic E-state index is 14.7. The molecule has 1 heterocycles. The molecule has 0 aliphatic heterocycles. The van der Waals surface area contributed by atoms with E-state index in [1.807, 2.05) is 11.8 Å². The average molecular weight is 486 g/mol. The van der Waals surface area contributed by atoms with Gasteiger partial charge in [-0.05, 0) is 49.2 Å². The van der Waals surface area contributed by atoms with Crippen LogP contribution in [0.15, 0.2) is 16.7 Å². The van der Waals surface area contributed by atoms with Gasteiger partial charge in [-0.15, -0.1) is 0 Å². The van der Waals surface area contributed by atoms with Crippen molar-refractivity contribution in [2.24, 2.45) is 0 Å². The first-order valence-corrected chi connectivity index (χ1v) is 10.3. The summed E-state index contributed by atoms with van der Waals surface area (Å²) in [4.78, 5) is 17.9. The third kappa shape index (κ3) is 5.71. The molecule has 0 radical (unpaired) electrons. The number of aromatic nitrogens is 1. The second kappa shape index (κ2) is 9.59. The Morgan fingerprint density at radius 1 is 1.45 bits per heavy atom. The van der Waals surface area contributed by atoms with Crippen LogP contribution in [0.2, 0.25) is 5.02 Å². The lowest BCUT2D eigenvalue weighted by Gasteiger charge is -2.27. The van der Waals surface area contributed by atoms with Crippen LogP contribution < -0.4 is 10.2 Å². The number of carbonyl (C=O) groups is 1. The molecule has 0 saturated heterocycles. The van der Waals surface area contributed by atoms with Crippen LogP contribution >= 0.6 is 27.5 Å². The van der Waals surface area contributed by atoms with Crippen LogP contribution in [0.4, 0.5) is 14.9 Å². The van der Waals surface area contributed by atoms with Crippen molar-refractivity contribution >= 4 is 50.2 Å². The minimum absolute atomic E-state index is 0.122. The minimum atomic E-state index is -0.593. The third-order valence-corrected chi connectivity index (χ3v) is 5.25. The first kappa shape index (κ1) is 23.2. The molecule has 0 saturated carbocycles. The Morgan fingerprint density at radius 2 is 2.14 bits per heavy atom. The van der Waals surface area contributed by atoms with Crippen molar-refractivity contribution in [2.45, 2.75) is 39.7 Å². The molecule has 1 aromatic heterocycles. The number of benzene rings is 1. The van der Waals surface area contributed by atoms with Crippen LogP contribution in [-0.4, -0.2) is 36.3 Å². The average Bonchev–Trinajstić information content (AvgIpc) is 2.63. The molecule has 1 aromatic carbocycles. The smallest absolute Gasteiger partial charge is 0.407 e. The van der Waals surface area contributed by atoms with E-state index in [9.17, 15) is 14.4 Å². The highest BCUT2D eigenvalue weighted by Crippen LogP contribution is 2.37. The number of pyridine rings is 1. The van der Waals surface area contributed by atoms with Crippen molar-refractivity contribution < 1.29 is 13.9 Å². The summed E-state index contributed by atoms with van der Waals surface area (Å²) >= 11 is 9.28. The van der Waals surface area contributed by atoms with Gasteiger partial charge in [-0.25, -0.2) is 9.18 Å². The summed E-state index contributed by atoms with van der Waals surface area (Å²) in [6.45, 7) is 8.64. The van der Waals surface area contributed by atoms with Crippen molar-refractivity contribution in [3.63, 3.8) is 0 Å². The van der Waals surface area contributed by atoms with Crippen LogP contribution in [0.1, 0.15) is 39.7 Å². The molecule has 0 aliphatic rings. The van der Waals surface area contributed by atoms with Gasteiger partial charge in [0.15, 0.2) is 5.82 Å². The van der Waals surface area contributed by atoms with Gasteiger partial charge >= 0.3 is 6.09 Å². The summed E-state index contributed by atoms with van der Waals surface area (Å²) < 4.78 is 20.0. The Balaban J connectivity index is 2.39. The Kier molecular flexibility index (Phi) is 7.66. The number of fused-ring (bicyclic) bond motifs is 1. The molecule has 0 aliphatic carbocycles. The second-order valence-corrected chi connectivity index (χ2v) is 8.63. The van der Waals surface area contributed by atoms with Crippen molar-refractivity contribution in [1.82, 2.24) is 10.3 Å². The Hall–Kier alpha value is -2.11. The summed E-state index contributed by atoms with van der Waals surface area (Å²) in [5, 5.41) is 12.9. The molecule has 0 bridgehead atoms. The highest BCUT2D eigenvalue weighted by atomic mass is 79.9. The highest BCUT2D eigenvalue weighted by Gasteiger charge is 2.21. The molecule has 0 atom stereocenters. The van der Waals surface area contributed by atoms with Gasteiger partial charge in [0.05, 0.1) is 20.7 Å². The number of ether oxygens (including phenoxy) is 1. The fourth-order valence-corrected chi connectivity index (χ4v) is 3.36. The van der Waals surface area contributed by atoms with Crippen LogP contribution in [0, 0.1) is 17.1 Å². The molecule has 9 heteroatoms. The topological polar surface area (TPSA) is 78.3 Å². The molecule has 29 heavy (non-hydrogen) atoms. The molecule has 0 fully saturated rings. The van der Waals surface area contributed by atoms with Gasteiger partial charge in [-0.1, -0.05) is 18.5 Å². The maximum Gasteiger partial charge on any atom is 0.407 e. The number of halogens is 3. The Labute approximate surface area is 183 Å². The van der Waals surface area contributed by atoms with Crippen molar-refractivity contribution in [3.05, 3.63) is 33.1 Å². The number of carbonyl (C=O) groups excluding carboxylic acids is 1. The first-order valence-electron chi connectivity index (χ1n) is 9.17. The monoisotopic (exact) mass is 484 g/mol. The maximum atomic E-state index is 14.7. The number of nitriles is 1. The zero-order valence-corrected chi connectivity index (χ0v) is 19.1. The zero-order chi connectivity index (χ0) is 21.8. The SMILES string of the molecule is CCCN(CCNC(=O)OC(C)(C)C)c1c(C#N)cnc2c(F)c(Br)c(Cl)cc12. The number of nitrogens with zero attached hydrogens (tertiary/aromatic N) is 3.